The molecule has 0 amide bonds. The second-order valence-electron chi connectivity index (χ2n) is 4.56. The van der Waals surface area contributed by atoms with Crippen LogP contribution in [0.2, 0.25) is 0 Å². The summed E-state index contributed by atoms with van der Waals surface area (Å²) in [7, 11) is 0. The molecule has 0 unspecified atom stereocenters. The number of carbonyl (C=O) groups excluding carboxylic acids is 1. The van der Waals surface area contributed by atoms with Crippen molar-refractivity contribution in [1.82, 2.24) is 0 Å². The summed E-state index contributed by atoms with van der Waals surface area (Å²) in [4.78, 5) is 11.5. The number of carbonyl (C=O) groups is 1. The predicted molar refractivity (Wildman–Crippen MR) is 58.1 cm³/mol. The molecule has 1 nitrogen and oxygen atoms in total. The zero-order chi connectivity index (χ0) is 10.4. The van der Waals surface area contributed by atoms with Crippen LogP contribution in [0.25, 0.3) is 0 Å². The van der Waals surface area contributed by atoms with E-state index >= 15 is 0 Å². The van der Waals surface area contributed by atoms with Crippen LogP contribution in [0.1, 0.15) is 40.5 Å². The van der Waals surface area contributed by atoms with Crippen molar-refractivity contribution < 1.29 is 4.79 Å². The number of Topliss-reactive ketones (excluding diaryl/α,β-unsaturated/α-hetero) is 1. The van der Waals surface area contributed by atoms with Gasteiger partial charge < -0.3 is 0 Å². The van der Waals surface area contributed by atoms with Crippen LogP contribution in [0.15, 0.2) is 0 Å². The highest BCUT2D eigenvalue weighted by Crippen LogP contribution is 2.21. The second-order valence-corrected chi connectivity index (χ2v) is 4.82. The molecule has 0 fully saturated rings. The SMILES string of the molecule is CC(C)CC(CC(C)C)C(=O)CCl. The summed E-state index contributed by atoms with van der Waals surface area (Å²) in [6, 6.07) is 0. The zero-order valence-corrected chi connectivity index (χ0v) is 9.90. The monoisotopic (exact) mass is 204 g/mol. The fraction of sp³-hybridized carbons (Fsp3) is 0.909. The van der Waals surface area contributed by atoms with E-state index in [4.69, 9.17) is 11.6 Å². The first kappa shape index (κ1) is 13.0. The molecule has 0 rings (SSSR count). The van der Waals surface area contributed by atoms with E-state index in [1.54, 1.807) is 0 Å². The fourth-order valence-corrected chi connectivity index (χ4v) is 1.82. The average molecular weight is 205 g/mol. The van der Waals surface area contributed by atoms with Gasteiger partial charge in [0.05, 0.1) is 5.88 Å². The molecule has 0 aliphatic heterocycles. The highest BCUT2D eigenvalue weighted by atomic mass is 35.5. The minimum Gasteiger partial charge on any atom is -0.298 e. The molecule has 0 saturated heterocycles. The summed E-state index contributed by atoms with van der Waals surface area (Å²) in [5.41, 5.74) is 0. The van der Waals surface area contributed by atoms with Gasteiger partial charge in [0.15, 0.2) is 5.78 Å². The van der Waals surface area contributed by atoms with Gasteiger partial charge >= 0.3 is 0 Å². The molecule has 0 bridgehead atoms. The molecule has 0 aromatic rings. The van der Waals surface area contributed by atoms with Crippen LogP contribution in [0.5, 0.6) is 0 Å². The maximum atomic E-state index is 11.5. The average Bonchev–Trinajstić information content (AvgIpc) is 2.00. The molecule has 2 heteroatoms. The van der Waals surface area contributed by atoms with Crippen molar-refractivity contribution in [2.75, 3.05) is 5.88 Å². The Labute approximate surface area is 86.9 Å². The van der Waals surface area contributed by atoms with E-state index < -0.39 is 0 Å². The molecule has 78 valence electrons. The Morgan fingerprint density at radius 2 is 1.46 bits per heavy atom. The van der Waals surface area contributed by atoms with Crippen molar-refractivity contribution in [1.29, 1.82) is 0 Å². The van der Waals surface area contributed by atoms with Gasteiger partial charge in [0, 0.05) is 5.92 Å². The van der Waals surface area contributed by atoms with E-state index in [1.165, 1.54) is 0 Å². The van der Waals surface area contributed by atoms with Gasteiger partial charge in [-0.3, -0.25) is 4.79 Å². The maximum absolute atomic E-state index is 11.5. The van der Waals surface area contributed by atoms with E-state index in [9.17, 15) is 4.79 Å². The van der Waals surface area contributed by atoms with Crippen LogP contribution in [0.4, 0.5) is 0 Å². The second kappa shape index (κ2) is 6.42. The first-order valence-corrected chi connectivity index (χ1v) is 5.59. The molecular formula is C11H21ClO. The van der Waals surface area contributed by atoms with Gasteiger partial charge in [0.25, 0.3) is 0 Å². The van der Waals surface area contributed by atoms with Crippen LogP contribution in [-0.4, -0.2) is 11.7 Å². The molecule has 0 N–H and O–H groups in total. The van der Waals surface area contributed by atoms with Gasteiger partial charge in [-0.15, -0.1) is 11.6 Å². The van der Waals surface area contributed by atoms with E-state index in [2.05, 4.69) is 27.7 Å². The van der Waals surface area contributed by atoms with Crippen molar-refractivity contribution in [2.45, 2.75) is 40.5 Å². The molecule has 0 aliphatic carbocycles. The number of rotatable bonds is 6. The van der Waals surface area contributed by atoms with Gasteiger partial charge in [0.1, 0.15) is 0 Å². The Morgan fingerprint density at radius 3 is 1.69 bits per heavy atom. The standard InChI is InChI=1S/C11H21ClO/c1-8(2)5-10(6-9(3)4)11(13)7-12/h8-10H,5-7H2,1-4H3. The molecule has 0 aromatic carbocycles. The minimum atomic E-state index is 0.171. The number of alkyl halides is 1. The summed E-state index contributed by atoms with van der Waals surface area (Å²) < 4.78 is 0. The van der Waals surface area contributed by atoms with Crippen molar-refractivity contribution in [3.63, 3.8) is 0 Å². The summed E-state index contributed by atoms with van der Waals surface area (Å²) in [5.74, 6) is 1.72. The predicted octanol–water partition coefficient (Wildman–Crippen LogP) is 3.50. The van der Waals surface area contributed by atoms with E-state index in [1.807, 2.05) is 0 Å². The summed E-state index contributed by atoms with van der Waals surface area (Å²) in [5, 5.41) is 0. The first-order chi connectivity index (χ1) is 5.97. The van der Waals surface area contributed by atoms with Crippen molar-refractivity contribution in [2.24, 2.45) is 17.8 Å². The molecule has 0 spiro atoms. The zero-order valence-electron chi connectivity index (χ0n) is 9.14. The third-order valence-corrected chi connectivity index (χ3v) is 2.36. The van der Waals surface area contributed by atoms with Crippen LogP contribution in [0.3, 0.4) is 0 Å². The van der Waals surface area contributed by atoms with Crippen LogP contribution < -0.4 is 0 Å². The number of ketones is 1. The van der Waals surface area contributed by atoms with Gasteiger partial charge in [-0.05, 0) is 24.7 Å². The van der Waals surface area contributed by atoms with Crippen LogP contribution in [0, 0.1) is 17.8 Å². The molecular weight excluding hydrogens is 184 g/mol. The molecule has 0 radical (unpaired) electrons. The Hall–Kier alpha value is -0.0400. The van der Waals surface area contributed by atoms with E-state index in [0.717, 1.165) is 12.8 Å². The summed E-state index contributed by atoms with van der Waals surface area (Å²) >= 11 is 5.56. The Kier molecular flexibility index (Phi) is 6.40. The lowest BCUT2D eigenvalue weighted by molar-refractivity contribution is -0.121. The number of hydrogen-bond donors (Lipinski definition) is 0. The molecule has 0 aromatic heterocycles. The van der Waals surface area contributed by atoms with Crippen LogP contribution >= 0.6 is 11.6 Å². The Balaban J connectivity index is 4.10. The lowest BCUT2D eigenvalue weighted by Gasteiger charge is -2.18. The highest BCUT2D eigenvalue weighted by molar-refractivity contribution is 6.27. The van der Waals surface area contributed by atoms with E-state index in [-0.39, 0.29) is 17.6 Å². The largest absolute Gasteiger partial charge is 0.298 e. The molecule has 13 heavy (non-hydrogen) atoms. The number of hydrogen-bond acceptors (Lipinski definition) is 1. The normalized spacial score (nSPS) is 11.7. The third-order valence-electron chi connectivity index (χ3n) is 2.10. The maximum Gasteiger partial charge on any atom is 0.150 e. The summed E-state index contributed by atoms with van der Waals surface area (Å²) in [6.45, 7) is 8.59. The lowest BCUT2D eigenvalue weighted by Crippen LogP contribution is -2.19. The first-order valence-electron chi connectivity index (χ1n) is 5.06. The lowest BCUT2D eigenvalue weighted by atomic mass is 9.87. The summed E-state index contributed by atoms with van der Waals surface area (Å²) in [6.07, 6.45) is 1.95. The van der Waals surface area contributed by atoms with Crippen molar-refractivity contribution in [3.05, 3.63) is 0 Å². The third kappa shape index (κ3) is 6.09. The molecule has 0 atom stereocenters. The molecule has 0 heterocycles. The smallest absolute Gasteiger partial charge is 0.150 e. The fourth-order valence-electron chi connectivity index (χ4n) is 1.61. The topological polar surface area (TPSA) is 17.1 Å². The van der Waals surface area contributed by atoms with Crippen LogP contribution in [-0.2, 0) is 4.79 Å². The Morgan fingerprint density at radius 1 is 1.08 bits per heavy atom. The van der Waals surface area contributed by atoms with Gasteiger partial charge in [0.2, 0.25) is 0 Å². The minimum absolute atomic E-state index is 0.171. The Bertz CT molecular complexity index is 142. The highest BCUT2D eigenvalue weighted by Gasteiger charge is 2.19. The van der Waals surface area contributed by atoms with Gasteiger partial charge in [-0.2, -0.15) is 0 Å². The van der Waals surface area contributed by atoms with Gasteiger partial charge in [-0.1, -0.05) is 27.7 Å². The molecule has 0 aliphatic rings. The van der Waals surface area contributed by atoms with E-state index in [0.29, 0.717) is 11.8 Å². The van der Waals surface area contributed by atoms with Crippen molar-refractivity contribution in [3.8, 4) is 0 Å². The number of halogens is 1. The van der Waals surface area contributed by atoms with Crippen molar-refractivity contribution >= 4 is 17.4 Å². The van der Waals surface area contributed by atoms with Gasteiger partial charge in [-0.25, -0.2) is 0 Å². The quantitative estimate of drug-likeness (QED) is 0.606. The molecule has 0 saturated carbocycles.